The Balaban J connectivity index is 2.13. The average molecular weight is 224 g/mol. The maximum absolute atomic E-state index is 10.8. The minimum atomic E-state index is -0.972. The van der Waals surface area contributed by atoms with Gasteiger partial charge in [-0.2, -0.15) is 0 Å². The van der Waals surface area contributed by atoms with Crippen molar-refractivity contribution in [3.8, 4) is 17.2 Å². The summed E-state index contributed by atoms with van der Waals surface area (Å²) in [6, 6.07) is 5.00. The highest BCUT2D eigenvalue weighted by molar-refractivity contribution is 5.72. The van der Waals surface area contributed by atoms with E-state index >= 15 is 0 Å². The van der Waals surface area contributed by atoms with Gasteiger partial charge >= 0.3 is 5.97 Å². The molecule has 0 aromatic heterocycles. The van der Waals surface area contributed by atoms with E-state index in [1.54, 1.807) is 25.1 Å². The Bertz CT molecular complexity index is 401. The molecule has 1 aromatic rings. The number of aliphatic carboxylic acids is 1. The van der Waals surface area contributed by atoms with E-state index in [4.69, 9.17) is 19.3 Å². The summed E-state index contributed by atoms with van der Waals surface area (Å²) in [7, 11) is 0. The van der Waals surface area contributed by atoms with Crippen LogP contribution in [0.1, 0.15) is 13.3 Å². The molecule has 1 heterocycles. The molecule has 5 nitrogen and oxygen atoms in total. The van der Waals surface area contributed by atoms with Crippen molar-refractivity contribution in [1.29, 1.82) is 0 Å². The van der Waals surface area contributed by atoms with Crippen molar-refractivity contribution in [2.45, 2.75) is 19.4 Å². The van der Waals surface area contributed by atoms with Gasteiger partial charge in [-0.25, -0.2) is 4.79 Å². The second-order valence-electron chi connectivity index (χ2n) is 3.37. The smallest absolute Gasteiger partial charge is 0.344 e. The van der Waals surface area contributed by atoms with Crippen molar-refractivity contribution in [2.24, 2.45) is 0 Å². The summed E-state index contributed by atoms with van der Waals surface area (Å²) in [6.45, 7) is 1.95. The first-order valence-corrected chi connectivity index (χ1v) is 5.00. The van der Waals surface area contributed by atoms with Crippen LogP contribution in [0.25, 0.3) is 0 Å². The van der Waals surface area contributed by atoms with Gasteiger partial charge in [0.05, 0.1) is 0 Å². The zero-order valence-electron chi connectivity index (χ0n) is 8.80. The van der Waals surface area contributed by atoms with Crippen molar-refractivity contribution in [1.82, 2.24) is 0 Å². The molecule has 0 unspecified atom stereocenters. The fourth-order valence-corrected chi connectivity index (χ4v) is 1.42. The van der Waals surface area contributed by atoms with Gasteiger partial charge in [0.2, 0.25) is 6.79 Å². The Morgan fingerprint density at radius 1 is 1.50 bits per heavy atom. The molecular formula is C11H12O5. The van der Waals surface area contributed by atoms with E-state index in [0.29, 0.717) is 23.7 Å². The van der Waals surface area contributed by atoms with Crippen LogP contribution in [-0.4, -0.2) is 24.0 Å². The Labute approximate surface area is 92.5 Å². The first-order chi connectivity index (χ1) is 7.70. The minimum absolute atomic E-state index is 0.189. The third-order valence-corrected chi connectivity index (χ3v) is 2.27. The van der Waals surface area contributed by atoms with Gasteiger partial charge in [0, 0.05) is 6.07 Å². The van der Waals surface area contributed by atoms with Crippen LogP contribution in [0.5, 0.6) is 17.2 Å². The normalized spacial score (nSPS) is 14.6. The molecule has 86 valence electrons. The van der Waals surface area contributed by atoms with Crippen molar-refractivity contribution >= 4 is 5.97 Å². The maximum Gasteiger partial charge on any atom is 0.344 e. The Morgan fingerprint density at radius 3 is 2.94 bits per heavy atom. The van der Waals surface area contributed by atoms with Crippen molar-refractivity contribution in [3.05, 3.63) is 18.2 Å². The fraction of sp³-hybridized carbons (Fsp3) is 0.364. The maximum atomic E-state index is 10.8. The van der Waals surface area contributed by atoms with Gasteiger partial charge in [0.15, 0.2) is 17.6 Å². The second kappa shape index (κ2) is 4.30. The first-order valence-electron chi connectivity index (χ1n) is 5.00. The molecule has 2 rings (SSSR count). The lowest BCUT2D eigenvalue weighted by Crippen LogP contribution is -2.25. The number of carboxylic acid groups (broad SMARTS) is 1. The van der Waals surface area contributed by atoms with Gasteiger partial charge in [-0.3, -0.25) is 0 Å². The van der Waals surface area contributed by atoms with E-state index in [1.807, 2.05) is 0 Å². The molecule has 0 spiro atoms. The third-order valence-electron chi connectivity index (χ3n) is 2.27. The molecule has 1 N–H and O–H groups in total. The largest absolute Gasteiger partial charge is 0.479 e. The predicted octanol–water partition coefficient (Wildman–Crippen LogP) is 1.66. The van der Waals surface area contributed by atoms with Gasteiger partial charge < -0.3 is 19.3 Å². The molecule has 0 aliphatic carbocycles. The molecule has 0 amide bonds. The molecule has 0 saturated heterocycles. The number of hydrogen-bond acceptors (Lipinski definition) is 4. The van der Waals surface area contributed by atoms with Gasteiger partial charge in [-0.15, -0.1) is 0 Å². The fourth-order valence-electron chi connectivity index (χ4n) is 1.42. The summed E-state index contributed by atoms with van der Waals surface area (Å²) in [4.78, 5) is 10.8. The number of fused-ring (bicyclic) bond motifs is 1. The third kappa shape index (κ3) is 2.03. The number of hydrogen-bond donors (Lipinski definition) is 1. The first kappa shape index (κ1) is 10.6. The molecule has 5 heteroatoms. The quantitative estimate of drug-likeness (QED) is 0.842. The van der Waals surface area contributed by atoms with Crippen molar-refractivity contribution < 1.29 is 24.1 Å². The van der Waals surface area contributed by atoms with E-state index in [-0.39, 0.29) is 6.79 Å². The summed E-state index contributed by atoms with van der Waals surface area (Å²) in [6.07, 6.45) is -0.426. The Morgan fingerprint density at radius 2 is 2.25 bits per heavy atom. The monoisotopic (exact) mass is 224 g/mol. The average Bonchev–Trinajstić information content (AvgIpc) is 2.72. The molecule has 0 fully saturated rings. The lowest BCUT2D eigenvalue weighted by molar-refractivity contribution is -0.145. The predicted molar refractivity (Wildman–Crippen MR) is 54.9 cm³/mol. The number of carboxylic acids is 1. The molecule has 1 aromatic carbocycles. The number of benzene rings is 1. The van der Waals surface area contributed by atoms with Crippen LogP contribution in [0.15, 0.2) is 18.2 Å². The molecule has 1 atom stereocenters. The lowest BCUT2D eigenvalue weighted by Gasteiger charge is -2.13. The SMILES string of the molecule is CC[C@H](Oc1ccc2c(c1)OCO2)C(=O)O. The molecule has 0 bridgehead atoms. The van der Waals surface area contributed by atoms with Crippen LogP contribution in [0.2, 0.25) is 0 Å². The number of ether oxygens (including phenoxy) is 3. The number of carbonyl (C=O) groups is 1. The summed E-state index contributed by atoms with van der Waals surface area (Å²) >= 11 is 0. The van der Waals surface area contributed by atoms with Crippen LogP contribution in [0.3, 0.4) is 0 Å². The highest BCUT2D eigenvalue weighted by Gasteiger charge is 2.19. The van der Waals surface area contributed by atoms with Gasteiger partial charge in [-0.05, 0) is 18.6 Å². The standard InChI is InChI=1S/C11H12O5/c1-2-8(11(12)13)16-7-3-4-9-10(5-7)15-6-14-9/h3-5,8H,2,6H2,1H3,(H,12,13)/t8-/m0/s1. The van der Waals surface area contributed by atoms with Crippen LogP contribution in [0.4, 0.5) is 0 Å². The van der Waals surface area contributed by atoms with Crippen LogP contribution < -0.4 is 14.2 Å². The van der Waals surface area contributed by atoms with E-state index < -0.39 is 12.1 Å². The lowest BCUT2D eigenvalue weighted by atomic mass is 10.2. The molecular weight excluding hydrogens is 212 g/mol. The summed E-state index contributed by atoms with van der Waals surface area (Å²) < 4.78 is 15.6. The van der Waals surface area contributed by atoms with Crippen LogP contribution in [-0.2, 0) is 4.79 Å². The molecule has 1 aliphatic heterocycles. The summed E-state index contributed by atoms with van der Waals surface area (Å²) in [5.41, 5.74) is 0. The van der Waals surface area contributed by atoms with Gasteiger partial charge in [0.25, 0.3) is 0 Å². The highest BCUT2D eigenvalue weighted by Crippen LogP contribution is 2.35. The van der Waals surface area contributed by atoms with E-state index in [9.17, 15) is 4.79 Å². The highest BCUT2D eigenvalue weighted by atomic mass is 16.7. The molecule has 0 radical (unpaired) electrons. The topological polar surface area (TPSA) is 65.0 Å². The summed E-state index contributed by atoms with van der Waals surface area (Å²) in [5, 5.41) is 8.85. The zero-order valence-corrected chi connectivity index (χ0v) is 8.80. The van der Waals surface area contributed by atoms with Crippen LogP contribution in [0, 0.1) is 0 Å². The van der Waals surface area contributed by atoms with E-state index in [2.05, 4.69) is 0 Å². The molecule has 0 saturated carbocycles. The van der Waals surface area contributed by atoms with E-state index in [0.717, 1.165) is 0 Å². The Hall–Kier alpha value is -1.91. The summed E-state index contributed by atoms with van der Waals surface area (Å²) in [5.74, 6) is 0.729. The van der Waals surface area contributed by atoms with Gasteiger partial charge in [-0.1, -0.05) is 6.92 Å². The Kier molecular flexibility index (Phi) is 2.85. The molecule has 1 aliphatic rings. The molecule has 16 heavy (non-hydrogen) atoms. The number of rotatable bonds is 4. The van der Waals surface area contributed by atoms with Crippen LogP contribution >= 0.6 is 0 Å². The van der Waals surface area contributed by atoms with Gasteiger partial charge in [0.1, 0.15) is 5.75 Å². The minimum Gasteiger partial charge on any atom is -0.479 e. The van der Waals surface area contributed by atoms with E-state index in [1.165, 1.54) is 0 Å². The van der Waals surface area contributed by atoms with Crippen molar-refractivity contribution in [3.63, 3.8) is 0 Å². The second-order valence-corrected chi connectivity index (χ2v) is 3.37. The van der Waals surface area contributed by atoms with Crippen molar-refractivity contribution in [2.75, 3.05) is 6.79 Å². The zero-order chi connectivity index (χ0) is 11.5.